The highest BCUT2D eigenvalue weighted by Gasteiger charge is 2.22. The summed E-state index contributed by atoms with van der Waals surface area (Å²) in [6.45, 7) is 5.69. The van der Waals surface area contributed by atoms with Gasteiger partial charge in [-0.2, -0.15) is 5.10 Å². The van der Waals surface area contributed by atoms with Gasteiger partial charge in [0.25, 0.3) is 0 Å². The molecule has 5 heteroatoms. The van der Waals surface area contributed by atoms with Gasteiger partial charge in [0.05, 0.1) is 29.6 Å². The molecule has 0 saturated carbocycles. The van der Waals surface area contributed by atoms with Crippen molar-refractivity contribution in [3.63, 3.8) is 0 Å². The highest BCUT2D eigenvalue weighted by molar-refractivity contribution is 6.31. The zero-order valence-electron chi connectivity index (χ0n) is 11.0. The predicted octanol–water partition coefficient (Wildman–Crippen LogP) is 2.18. The van der Waals surface area contributed by atoms with Crippen LogP contribution in [-0.4, -0.2) is 40.4 Å². The standard InChI is InChI=1S/C12H22ClN3O/c1-5-9(2)12(17)11-10(13)8-14-16(11)7-6-15(3)4/h8-9,12,17H,5-7H2,1-4H3. The van der Waals surface area contributed by atoms with Crippen LogP contribution in [0.2, 0.25) is 5.02 Å². The van der Waals surface area contributed by atoms with Crippen molar-refractivity contribution in [2.75, 3.05) is 20.6 Å². The van der Waals surface area contributed by atoms with Crippen molar-refractivity contribution in [3.05, 3.63) is 16.9 Å². The molecular formula is C12H22ClN3O. The molecule has 0 saturated heterocycles. The molecule has 0 spiro atoms. The zero-order valence-corrected chi connectivity index (χ0v) is 11.8. The fourth-order valence-electron chi connectivity index (χ4n) is 1.63. The van der Waals surface area contributed by atoms with Crippen molar-refractivity contribution in [1.82, 2.24) is 14.7 Å². The first-order valence-electron chi connectivity index (χ1n) is 6.01. The minimum absolute atomic E-state index is 0.183. The van der Waals surface area contributed by atoms with Gasteiger partial charge >= 0.3 is 0 Å². The van der Waals surface area contributed by atoms with Gasteiger partial charge in [0.1, 0.15) is 0 Å². The third-order valence-electron chi connectivity index (χ3n) is 3.06. The number of hydrogen-bond donors (Lipinski definition) is 1. The minimum Gasteiger partial charge on any atom is -0.386 e. The third-order valence-corrected chi connectivity index (χ3v) is 3.35. The first-order chi connectivity index (χ1) is 7.97. The zero-order chi connectivity index (χ0) is 13.0. The monoisotopic (exact) mass is 259 g/mol. The predicted molar refractivity (Wildman–Crippen MR) is 70.2 cm³/mol. The topological polar surface area (TPSA) is 41.3 Å². The highest BCUT2D eigenvalue weighted by atomic mass is 35.5. The Labute approximate surface area is 108 Å². The van der Waals surface area contributed by atoms with E-state index in [1.54, 1.807) is 10.9 Å². The Hall–Kier alpha value is -0.580. The van der Waals surface area contributed by atoms with E-state index in [-0.39, 0.29) is 5.92 Å². The first kappa shape index (κ1) is 14.5. The number of nitrogens with zero attached hydrogens (tertiary/aromatic N) is 3. The van der Waals surface area contributed by atoms with Crippen LogP contribution in [0, 0.1) is 5.92 Å². The number of hydrogen-bond acceptors (Lipinski definition) is 3. The summed E-state index contributed by atoms with van der Waals surface area (Å²) in [5.41, 5.74) is 0.739. The van der Waals surface area contributed by atoms with Crippen LogP contribution in [0.1, 0.15) is 32.1 Å². The molecular weight excluding hydrogens is 238 g/mol. The van der Waals surface area contributed by atoms with Gasteiger partial charge < -0.3 is 10.0 Å². The van der Waals surface area contributed by atoms with Gasteiger partial charge in [-0.1, -0.05) is 31.9 Å². The Morgan fingerprint density at radius 3 is 2.71 bits per heavy atom. The van der Waals surface area contributed by atoms with Crippen molar-refractivity contribution >= 4 is 11.6 Å². The summed E-state index contributed by atoms with van der Waals surface area (Å²) in [4.78, 5) is 2.08. The third kappa shape index (κ3) is 3.69. The van der Waals surface area contributed by atoms with Crippen molar-refractivity contribution in [3.8, 4) is 0 Å². The average Bonchev–Trinajstić information content (AvgIpc) is 2.65. The maximum Gasteiger partial charge on any atom is 0.0997 e. The Morgan fingerprint density at radius 1 is 1.53 bits per heavy atom. The van der Waals surface area contributed by atoms with Crippen LogP contribution in [-0.2, 0) is 6.54 Å². The molecule has 1 heterocycles. The van der Waals surface area contributed by atoms with Crippen molar-refractivity contribution < 1.29 is 5.11 Å². The first-order valence-corrected chi connectivity index (χ1v) is 6.39. The normalized spacial score (nSPS) is 15.2. The van der Waals surface area contributed by atoms with Crippen molar-refractivity contribution in [2.45, 2.75) is 32.9 Å². The molecule has 1 rings (SSSR count). The average molecular weight is 260 g/mol. The Balaban J connectivity index is 2.85. The number of aliphatic hydroxyl groups is 1. The summed E-state index contributed by atoms with van der Waals surface area (Å²) >= 11 is 6.10. The van der Waals surface area contributed by atoms with Crippen LogP contribution < -0.4 is 0 Å². The second-order valence-electron chi connectivity index (χ2n) is 4.73. The van der Waals surface area contributed by atoms with E-state index in [2.05, 4.69) is 16.9 Å². The second-order valence-corrected chi connectivity index (χ2v) is 5.14. The van der Waals surface area contributed by atoms with Crippen molar-refractivity contribution in [1.29, 1.82) is 0 Å². The van der Waals surface area contributed by atoms with Crippen LogP contribution in [0.15, 0.2) is 6.20 Å². The van der Waals surface area contributed by atoms with E-state index < -0.39 is 6.10 Å². The summed E-state index contributed by atoms with van der Waals surface area (Å²) in [7, 11) is 4.02. The molecule has 17 heavy (non-hydrogen) atoms. The van der Waals surface area contributed by atoms with Crippen LogP contribution >= 0.6 is 11.6 Å². The maximum atomic E-state index is 10.2. The van der Waals surface area contributed by atoms with Crippen LogP contribution in [0.25, 0.3) is 0 Å². The van der Waals surface area contributed by atoms with Crippen LogP contribution in [0.4, 0.5) is 0 Å². The SMILES string of the molecule is CCC(C)C(O)c1c(Cl)cnn1CCN(C)C. The molecule has 98 valence electrons. The van der Waals surface area contributed by atoms with E-state index in [1.807, 2.05) is 21.0 Å². The van der Waals surface area contributed by atoms with Gasteiger partial charge in [0.15, 0.2) is 0 Å². The van der Waals surface area contributed by atoms with E-state index in [0.29, 0.717) is 5.02 Å². The smallest absolute Gasteiger partial charge is 0.0997 e. The van der Waals surface area contributed by atoms with Crippen LogP contribution in [0.3, 0.4) is 0 Å². The minimum atomic E-state index is -0.544. The largest absolute Gasteiger partial charge is 0.386 e. The lowest BCUT2D eigenvalue weighted by Gasteiger charge is -2.20. The Bertz CT molecular complexity index is 352. The molecule has 0 bridgehead atoms. The summed E-state index contributed by atoms with van der Waals surface area (Å²) in [6, 6.07) is 0. The van der Waals surface area contributed by atoms with E-state index in [1.165, 1.54) is 0 Å². The van der Waals surface area contributed by atoms with Crippen LogP contribution in [0.5, 0.6) is 0 Å². The van der Waals surface area contributed by atoms with Gasteiger partial charge in [-0.15, -0.1) is 0 Å². The molecule has 2 unspecified atom stereocenters. The van der Waals surface area contributed by atoms with Gasteiger partial charge in [-0.25, -0.2) is 0 Å². The molecule has 0 fully saturated rings. The molecule has 0 aliphatic carbocycles. The van der Waals surface area contributed by atoms with E-state index in [4.69, 9.17) is 11.6 Å². The number of aliphatic hydroxyl groups excluding tert-OH is 1. The summed E-state index contributed by atoms with van der Waals surface area (Å²) < 4.78 is 1.80. The molecule has 0 aliphatic rings. The number of likely N-dealkylation sites (N-methyl/N-ethyl adjacent to an activating group) is 1. The Morgan fingerprint density at radius 2 is 2.18 bits per heavy atom. The molecule has 1 N–H and O–H groups in total. The van der Waals surface area contributed by atoms with E-state index in [9.17, 15) is 5.11 Å². The summed E-state index contributed by atoms with van der Waals surface area (Å²) in [5.74, 6) is 0.183. The fraction of sp³-hybridized carbons (Fsp3) is 0.750. The van der Waals surface area contributed by atoms with Gasteiger partial charge in [0, 0.05) is 6.54 Å². The highest BCUT2D eigenvalue weighted by Crippen LogP contribution is 2.29. The summed E-state index contributed by atoms with van der Waals surface area (Å²) in [6.07, 6.45) is 1.98. The number of halogens is 1. The molecule has 2 atom stereocenters. The van der Waals surface area contributed by atoms with Crippen molar-refractivity contribution in [2.24, 2.45) is 5.92 Å². The quantitative estimate of drug-likeness (QED) is 0.851. The number of aromatic nitrogens is 2. The molecule has 0 aromatic carbocycles. The molecule has 1 aromatic heterocycles. The lowest BCUT2D eigenvalue weighted by molar-refractivity contribution is 0.105. The lowest BCUT2D eigenvalue weighted by Crippen LogP contribution is -2.22. The molecule has 0 radical (unpaired) electrons. The molecule has 0 amide bonds. The van der Waals surface area contributed by atoms with Gasteiger partial charge in [-0.3, -0.25) is 4.68 Å². The Kier molecular flexibility index (Phi) is 5.43. The van der Waals surface area contributed by atoms with Gasteiger partial charge in [-0.05, 0) is 20.0 Å². The lowest BCUT2D eigenvalue weighted by atomic mass is 9.99. The maximum absolute atomic E-state index is 10.2. The fourth-order valence-corrected chi connectivity index (χ4v) is 1.88. The molecule has 0 aliphatic heterocycles. The second kappa shape index (κ2) is 6.38. The summed E-state index contributed by atoms with van der Waals surface area (Å²) in [5, 5.41) is 15.0. The number of rotatable bonds is 6. The van der Waals surface area contributed by atoms with E-state index in [0.717, 1.165) is 25.2 Å². The molecule has 4 nitrogen and oxygen atoms in total. The van der Waals surface area contributed by atoms with E-state index >= 15 is 0 Å². The van der Waals surface area contributed by atoms with Gasteiger partial charge in [0.2, 0.25) is 0 Å². The molecule has 1 aromatic rings.